The minimum atomic E-state index is -4.58. The predicted octanol–water partition coefficient (Wildman–Crippen LogP) is 4.11. The molecule has 1 heterocycles. The minimum Gasteiger partial charge on any atom is -0.438 e. The Morgan fingerprint density at radius 2 is 2.08 bits per heavy atom. The summed E-state index contributed by atoms with van der Waals surface area (Å²) in [5, 5.41) is 10.6. The Kier molecular flexibility index (Phi) is 5.77. The number of pyridine rings is 1. The summed E-state index contributed by atoms with van der Waals surface area (Å²) in [5.41, 5.74) is 1.35. The van der Waals surface area contributed by atoms with Crippen LogP contribution in [-0.4, -0.2) is 17.0 Å². The molecule has 0 unspecified atom stereocenters. The fraction of sp³-hybridized carbons (Fsp3) is 0.214. The molecule has 0 radical (unpaired) electrons. The normalized spacial score (nSPS) is 11.4. The molecule has 11 heteroatoms. The third kappa shape index (κ3) is 4.78. The molecule has 25 heavy (non-hydrogen) atoms. The molecular weight excluding hydrogens is 367 g/mol. The van der Waals surface area contributed by atoms with Gasteiger partial charge in [0.1, 0.15) is 17.4 Å². The second-order valence-corrected chi connectivity index (χ2v) is 5.06. The van der Waals surface area contributed by atoms with Crippen molar-refractivity contribution in [2.75, 3.05) is 7.05 Å². The molecule has 0 aliphatic carbocycles. The number of benzene rings is 1. The second-order valence-electron chi connectivity index (χ2n) is 4.65. The zero-order valence-corrected chi connectivity index (χ0v) is 13.4. The predicted molar refractivity (Wildman–Crippen MR) is 81.3 cm³/mol. The van der Waals surface area contributed by atoms with Crippen molar-refractivity contribution < 1.29 is 27.7 Å². The van der Waals surface area contributed by atoms with Crippen molar-refractivity contribution in [2.24, 2.45) is 0 Å². The van der Waals surface area contributed by atoms with E-state index in [4.69, 9.17) is 21.2 Å². The lowest BCUT2D eigenvalue weighted by atomic mass is 10.2. The topological polar surface area (TPSA) is 86.5 Å². The van der Waals surface area contributed by atoms with Gasteiger partial charge in [-0.25, -0.2) is 10.5 Å². The van der Waals surface area contributed by atoms with E-state index in [0.717, 1.165) is 0 Å². The average Bonchev–Trinajstić information content (AvgIpc) is 2.53. The van der Waals surface area contributed by atoms with Crippen molar-refractivity contribution in [1.29, 1.82) is 0 Å². The van der Waals surface area contributed by atoms with Crippen LogP contribution in [0.2, 0.25) is 5.02 Å². The molecule has 1 aromatic carbocycles. The number of rotatable bonds is 6. The molecule has 7 nitrogen and oxygen atoms in total. The SMILES string of the molecule is CNOCc1cc(Oc2ncc(C(F)(F)F)cc2Cl)ccc1[N+](=O)[O-]. The molecule has 0 saturated carbocycles. The summed E-state index contributed by atoms with van der Waals surface area (Å²) in [6.45, 7) is -0.127. The molecule has 0 aliphatic heterocycles. The maximum atomic E-state index is 12.6. The molecule has 1 aromatic heterocycles. The number of nitrogens with one attached hydrogen (secondary N) is 1. The first-order valence-electron chi connectivity index (χ1n) is 6.69. The number of hydrogen-bond donors (Lipinski definition) is 1. The maximum absolute atomic E-state index is 12.6. The van der Waals surface area contributed by atoms with Gasteiger partial charge in [-0.1, -0.05) is 11.6 Å². The number of nitrogens with zero attached hydrogens (tertiary/aromatic N) is 2. The quantitative estimate of drug-likeness (QED) is 0.602. The van der Waals surface area contributed by atoms with Gasteiger partial charge in [0.15, 0.2) is 0 Å². The van der Waals surface area contributed by atoms with E-state index in [9.17, 15) is 23.3 Å². The number of halogens is 4. The van der Waals surface area contributed by atoms with Crippen LogP contribution in [0, 0.1) is 10.1 Å². The van der Waals surface area contributed by atoms with E-state index in [-0.39, 0.29) is 34.5 Å². The van der Waals surface area contributed by atoms with E-state index in [0.29, 0.717) is 12.3 Å². The average molecular weight is 378 g/mol. The zero-order chi connectivity index (χ0) is 18.6. The Labute approximate surface area is 144 Å². The largest absolute Gasteiger partial charge is 0.438 e. The highest BCUT2D eigenvalue weighted by Gasteiger charge is 2.31. The molecule has 1 N–H and O–H groups in total. The van der Waals surface area contributed by atoms with E-state index < -0.39 is 16.7 Å². The molecule has 0 spiro atoms. The lowest BCUT2D eigenvalue weighted by Gasteiger charge is -2.11. The van der Waals surface area contributed by atoms with Crippen molar-refractivity contribution in [3.63, 3.8) is 0 Å². The summed E-state index contributed by atoms with van der Waals surface area (Å²) in [4.78, 5) is 18.8. The lowest BCUT2D eigenvalue weighted by Crippen LogP contribution is -2.08. The van der Waals surface area contributed by atoms with Gasteiger partial charge in [0.25, 0.3) is 5.69 Å². The monoisotopic (exact) mass is 377 g/mol. The first-order valence-corrected chi connectivity index (χ1v) is 7.06. The summed E-state index contributed by atoms with van der Waals surface area (Å²) in [6, 6.07) is 4.45. The Balaban J connectivity index is 2.29. The molecule has 2 rings (SSSR count). The number of hydrogen-bond acceptors (Lipinski definition) is 6. The first-order chi connectivity index (χ1) is 11.7. The molecule has 0 aliphatic rings. The van der Waals surface area contributed by atoms with E-state index in [2.05, 4.69) is 10.5 Å². The first kappa shape index (κ1) is 18.9. The van der Waals surface area contributed by atoms with Gasteiger partial charge in [0.2, 0.25) is 5.88 Å². The van der Waals surface area contributed by atoms with Gasteiger partial charge < -0.3 is 4.74 Å². The van der Waals surface area contributed by atoms with Crippen molar-refractivity contribution in [3.8, 4) is 11.6 Å². The van der Waals surface area contributed by atoms with Gasteiger partial charge in [-0.15, -0.1) is 0 Å². The van der Waals surface area contributed by atoms with Gasteiger partial charge in [0, 0.05) is 19.3 Å². The van der Waals surface area contributed by atoms with Crippen LogP contribution in [0.4, 0.5) is 18.9 Å². The third-order valence-corrected chi connectivity index (χ3v) is 3.24. The van der Waals surface area contributed by atoms with Crippen molar-refractivity contribution in [1.82, 2.24) is 10.5 Å². The van der Waals surface area contributed by atoms with Crippen molar-refractivity contribution >= 4 is 17.3 Å². The highest BCUT2D eigenvalue weighted by molar-refractivity contribution is 6.31. The second kappa shape index (κ2) is 7.64. The minimum absolute atomic E-state index is 0.106. The Morgan fingerprint density at radius 1 is 1.36 bits per heavy atom. The van der Waals surface area contributed by atoms with Crippen molar-refractivity contribution in [3.05, 3.63) is 56.7 Å². The van der Waals surface area contributed by atoms with Crippen molar-refractivity contribution in [2.45, 2.75) is 12.8 Å². The highest BCUT2D eigenvalue weighted by Crippen LogP contribution is 2.35. The van der Waals surface area contributed by atoms with E-state index in [1.807, 2.05) is 0 Å². The number of alkyl halides is 3. The molecule has 0 saturated heterocycles. The molecule has 0 fully saturated rings. The van der Waals surface area contributed by atoms with Gasteiger partial charge in [-0.05, 0) is 18.2 Å². The van der Waals surface area contributed by atoms with Crippen LogP contribution < -0.4 is 10.2 Å². The highest BCUT2D eigenvalue weighted by atomic mass is 35.5. The van der Waals surface area contributed by atoms with Gasteiger partial charge in [-0.2, -0.15) is 13.2 Å². The van der Waals surface area contributed by atoms with Crippen LogP contribution in [0.1, 0.15) is 11.1 Å². The molecule has 2 aromatic rings. The molecule has 0 amide bonds. The fourth-order valence-electron chi connectivity index (χ4n) is 1.84. The molecule has 134 valence electrons. The van der Waals surface area contributed by atoms with E-state index in [1.54, 1.807) is 0 Å². The molecular formula is C14H11ClF3N3O4. The van der Waals surface area contributed by atoms with Crippen LogP contribution in [0.25, 0.3) is 0 Å². The number of nitro benzene ring substituents is 1. The van der Waals surface area contributed by atoms with Gasteiger partial charge in [-0.3, -0.25) is 15.0 Å². The number of aromatic nitrogens is 1. The Morgan fingerprint density at radius 3 is 2.64 bits per heavy atom. The van der Waals surface area contributed by atoms with E-state index in [1.165, 1.54) is 25.2 Å². The van der Waals surface area contributed by atoms with E-state index >= 15 is 0 Å². The summed E-state index contributed by atoms with van der Waals surface area (Å²) in [7, 11) is 1.48. The number of ether oxygens (including phenoxy) is 1. The number of hydroxylamine groups is 1. The van der Waals surface area contributed by atoms with Crippen LogP contribution >= 0.6 is 11.6 Å². The Hall–Kier alpha value is -2.43. The Bertz CT molecular complexity index is 786. The van der Waals surface area contributed by atoms with Gasteiger partial charge >= 0.3 is 6.18 Å². The van der Waals surface area contributed by atoms with Crippen LogP contribution in [-0.2, 0) is 17.6 Å². The van der Waals surface area contributed by atoms with Crippen LogP contribution in [0.15, 0.2) is 30.5 Å². The zero-order valence-electron chi connectivity index (χ0n) is 12.6. The summed E-state index contributed by atoms with van der Waals surface area (Å²) in [6.07, 6.45) is -4.00. The molecule has 0 bridgehead atoms. The third-order valence-electron chi connectivity index (χ3n) is 2.97. The van der Waals surface area contributed by atoms with Gasteiger partial charge in [0.05, 0.1) is 16.1 Å². The molecule has 0 atom stereocenters. The van der Waals surface area contributed by atoms with Crippen LogP contribution in [0.5, 0.6) is 11.6 Å². The summed E-state index contributed by atoms with van der Waals surface area (Å²) >= 11 is 5.76. The number of nitro groups is 1. The van der Waals surface area contributed by atoms with Crippen LogP contribution in [0.3, 0.4) is 0 Å². The fourth-order valence-corrected chi connectivity index (χ4v) is 2.04. The lowest BCUT2D eigenvalue weighted by molar-refractivity contribution is -0.386. The summed E-state index contributed by atoms with van der Waals surface area (Å²) < 4.78 is 43.1. The summed E-state index contributed by atoms with van der Waals surface area (Å²) in [5.74, 6) is -0.154. The standard InChI is InChI=1S/C14H11ClF3N3O4/c1-19-24-7-8-4-10(2-3-12(8)21(22)23)25-13-11(15)5-9(6-20-13)14(16,17)18/h2-6,19H,7H2,1H3. The smallest absolute Gasteiger partial charge is 0.417 e. The maximum Gasteiger partial charge on any atom is 0.417 e.